The predicted molar refractivity (Wildman–Crippen MR) is 80.0 cm³/mol. The van der Waals surface area contributed by atoms with E-state index in [1.54, 1.807) is 18.2 Å². The van der Waals surface area contributed by atoms with E-state index in [1.165, 1.54) is 0 Å². The molecule has 0 saturated carbocycles. The quantitative estimate of drug-likeness (QED) is 0.390. The molecule has 2 rings (SSSR count). The highest BCUT2D eigenvalue weighted by atomic mass is 35.5. The van der Waals surface area contributed by atoms with Crippen LogP contribution >= 0.6 is 11.6 Å². The standard InChI is InChI=1S/C15H15ClN2O2/c1-9-4-3-5-13(10(9)2)20-14-7-6-11(8-12(14)16)15(17)18-19/h3-8,19H,1-2H3,(H2,17,18). The number of nitrogens with zero attached hydrogens (tertiary/aromatic N) is 1. The van der Waals surface area contributed by atoms with Gasteiger partial charge in [0.1, 0.15) is 11.5 Å². The summed E-state index contributed by atoms with van der Waals surface area (Å²) >= 11 is 6.16. The van der Waals surface area contributed by atoms with Crippen LogP contribution in [0.5, 0.6) is 11.5 Å². The van der Waals surface area contributed by atoms with E-state index in [4.69, 9.17) is 27.3 Å². The van der Waals surface area contributed by atoms with Crippen molar-refractivity contribution < 1.29 is 9.94 Å². The number of oxime groups is 1. The van der Waals surface area contributed by atoms with E-state index < -0.39 is 0 Å². The van der Waals surface area contributed by atoms with E-state index in [1.807, 2.05) is 32.0 Å². The number of hydrogen-bond donors (Lipinski definition) is 2. The molecule has 0 aliphatic heterocycles. The Morgan fingerprint density at radius 2 is 1.95 bits per heavy atom. The lowest BCUT2D eigenvalue weighted by atomic mass is 10.1. The minimum atomic E-state index is 0.00480. The summed E-state index contributed by atoms with van der Waals surface area (Å²) < 4.78 is 5.81. The van der Waals surface area contributed by atoms with Gasteiger partial charge in [0.05, 0.1) is 5.02 Å². The summed E-state index contributed by atoms with van der Waals surface area (Å²) in [6, 6.07) is 10.8. The molecule has 0 aromatic heterocycles. The van der Waals surface area contributed by atoms with Crippen molar-refractivity contribution >= 4 is 17.4 Å². The van der Waals surface area contributed by atoms with Gasteiger partial charge in [0, 0.05) is 5.56 Å². The highest BCUT2D eigenvalue weighted by molar-refractivity contribution is 6.32. The lowest BCUT2D eigenvalue weighted by molar-refractivity contribution is 0.318. The topological polar surface area (TPSA) is 67.8 Å². The van der Waals surface area contributed by atoms with Gasteiger partial charge in [0.2, 0.25) is 0 Å². The maximum Gasteiger partial charge on any atom is 0.170 e. The van der Waals surface area contributed by atoms with Crippen LogP contribution in [0.1, 0.15) is 16.7 Å². The van der Waals surface area contributed by atoms with Gasteiger partial charge in [-0.3, -0.25) is 0 Å². The molecule has 0 atom stereocenters. The third-order valence-corrected chi connectivity index (χ3v) is 3.41. The maximum absolute atomic E-state index is 8.64. The number of nitrogens with two attached hydrogens (primary N) is 1. The van der Waals surface area contributed by atoms with E-state index in [0.29, 0.717) is 16.3 Å². The molecule has 4 nitrogen and oxygen atoms in total. The van der Waals surface area contributed by atoms with Crippen molar-refractivity contribution in [1.29, 1.82) is 0 Å². The summed E-state index contributed by atoms with van der Waals surface area (Å²) in [6.45, 7) is 4.01. The Labute approximate surface area is 122 Å². The van der Waals surface area contributed by atoms with Crippen molar-refractivity contribution in [3.05, 3.63) is 58.1 Å². The number of aryl methyl sites for hydroxylation is 1. The Balaban J connectivity index is 2.33. The van der Waals surface area contributed by atoms with Crippen LogP contribution in [0.4, 0.5) is 0 Å². The van der Waals surface area contributed by atoms with E-state index in [0.717, 1.165) is 16.9 Å². The minimum Gasteiger partial charge on any atom is -0.456 e. The van der Waals surface area contributed by atoms with E-state index >= 15 is 0 Å². The molecule has 0 aliphatic carbocycles. The number of halogens is 1. The van der Waals surface area contributed by atoms with Gasteiger partial charge < -0.3 is 15.7 Å². The number of benzene rings is 2. The molecule has 0 fully saturated rings. The molecule has 0 heterocycles. The van der Waals surface area contributed by atoms with Gasteiger partial charge in [-0.2, -0.15) is 0 Å². The molecule has 0 amide bonds. The van der Waals surface area contributed by atoms with Crippen LogP contribution in [0.15, 0.2) is 41.6 Å². The molecule has 0 unspecified atom stereocenters. The molecule has 104 valence electrons. The lowest BCUT2D eigenvalue weighted by Crippen LogP contribution is -2.12. The second-order valence-corrected chi connectivity index (χ2v) is 4.84. The van der Waals surface area contributed by atoms with Crippen molar-refractivity contribution in [2.24, 2.45) is 10.9 Å². The minimum absolute atomic E-state index is 0.00480. The molecule has 5 heteroatoms. The Kier molecular flexibility index (Phi) is 4.15. The summed E-state index contributed by atoms with van der Waals surface area (Å²) in [7, 11) is 0. The van der Waals surface area contributed by atoms with Crippen molar-refractivity contribution in [3.63, 3.8) is 0 Å². The van der Waals surface area contributed by atoms with Crippen LogP contribution < -0.4 is 10.5 Å². The van der Waals surface area contributed by atoms with Crippen LogP contribution in [-0.2, 0) is 0 Å². The highest BCUT2D eigenvalue weighted by Gasteiger charge is 2.09. The Hall–Kier alpha value is -2.20. The molecule has 0 aliphatic rings. The fraction of sp³-hybridized carbons (Fsp3) is 0.133. The Bertz CT molecular complexity index is 669. The first kappa shape index (κ1) is 14.2. The van der Waals surface area contributed by atoms with Crippen LogP contribution in [0.3, 0.4) is 0 Å². The van der Waals surface area contributed by atoms with Gasteiger partial charge in [-0.15, -0.1) is 0 Å². The fourth-order valence-electron chi connectivity index (χ4n) is 1.75. The molecule has 2 aromatic carbocycles. The summed E-state index contributed by atoms with van der Waals surface area (Å²) in [5, 5.41) is 12.0. The van der Waals surface area contributed by atoms with Gasteiger partial charge in [-0.25, -0.2) is 0 Å². The van der Waals surface area contributed by atoms with Gasteiger partial charge in [-0.1, -0.05) is 28.9 Å². The zero-order valence-electron chi connectivity index (χ0n) is 11.2. The monoisotopic (exact) mass is 290 g/mol. The Morgan fingerprint density at radius 3 is 2.60 bits per heavy atom. The average molecular weight is 291 g/mol. The van der Waals surface area contributed by atoms with Crippen molar-refractivity contribution in [2.45, 2.75) is 13.8 Å². The second kappa shape index (κ2) is 5.84. The zero-order chi connectivity index (χ0) is 14.7. The number of ether oxygens (including phenoxy) is 1. The van der Waals surface area contributed by atoms with E-state index in [9.17, 15) is 0 Å². The Morgan fingerprint density at radius 1 is 1.20 bits per heavy atom. The van der Waals surface area contributed by atoms with Gasteiger partial charge in [0.15, 0.2) is 5.84 Å². The van der Waals surface area contributed by atoms with E-state index in [-0.39, 0.29) is 5.84 Å². The van der Waals surface area contributed by atoms with Crippen LogP contribution in [0, 0.1) is 13.8 Å². The predicted octanol–water partition coefficient (Wildman–Crippen LogP) is 3.84. The first-order valence-corrected chi connectivity index (χ1v) is 6.42. The summed E-state index contributed by atoms with van der Waals surface area (Å²) in [5.74, 6) is 1.28. The smallest absolute Gasteiger partial charge is 0.170 e. The fourth-order valence-corrected chi connectivity index (χ4v) is 1.97. The number of hydrogen-bond acceptors (Lipinski definition) is 3. The normalized spacial score (nSPS) is 11.4. The first-order valence-electron chi connectivity index (χ1n) is 6.04. The van der Waals surface area contributed by atoms with Gasteiger partial charge in [-0.05, 0) is 49.2 Å². The first-order chi connectivity index (χ1) is 9.52. The molecule has 20 heavy (non-hydrogen) atoms. The number of amidine groups is 1. The van der Waals surface area contributed by atoms with Crippen LogP contribution in [0.25, 0.3) is 0 Å². The van der Waals surface area contributed by atoms with Crippen molar-refractivity contribution in [3.8, 4) is 11.5 Å². The largest absolute Gasteiger partial charge is 0.456 e. The SMILES string of the molecule is Cc1cccc(Oc2ccc(C(N)=NO)cc2Cl)c1C. The molecule has 2 aromatic rings. The van der Waals surface area contributed by atoms with E-state index in [2.05, 4.69) is 5.16 Å². The third kappa shape index (κ3) is 2.86. The molecular formula is C15H15ClN2O2. The summed E-state index contributed by atoms with van der Waals surface area (Å²) in [4.78, 5) is 0. The van der Waals surface area contributed by atoms with Gasteiger partial charge in [0.25, 0.3) is 0 Å². The lowest BCUT2D eigenvalue weighted by Gasteiger charge is -2.12. The number of rotatable bonds is 3. The van der Waals surface area contributed by atoms with Gasteiger partial charge >= 0.3 is 0 Å². The molecule has 3 N–H and O–H groups in total. The maximum atomic E-state index is 8.64. The molecular weight excluding hydrogens is 276 g/mol. The zero-order valence-corrected chi connectivity index (χ0v) is 12.0. The second-order valence-electron chi connectivity index (χ2n) is 4.43. The van der Waals surface area contributed by atoms with Crippen LogP contribution in [0.2, 0.25) is 5.02 Å². The summed E-state index contributed by atoms with van der Waals surface area (Å²) in [5.41, 5.74) is 8.25. The molecule has 0 bridgehead atoms. The molecule has 0 saturated heterocycles. The third-order valence-electron chi connectivity index (χ3n) is 3.11. The molecule has 0 spiro atoms. The van der Waals surface area contributed by atoms with Crippen molar-refractivity contribution in [1.82, 2.24) is 0 Å². The highest BCUT2D eigenvalue weighted by Crippen LogP contribution is 2.32. The molecule has 0 radical (unpaired) electrons. The van der Waals surface area contributed by atoms with Crippen LogP contribution in [-0.4, -0.2) is 11.0 Å². The average Bonchev–Trinajstić information content (AvgIpc) is 2.45. The van der Waals surface area contributed by atoms with Crippen molar-refractivity contribution in [2.75, 3.05) is 0 Å². The summed E-state index contributed by atoms with van der Waals surface area (Å²) in [6.07, 6.45) is 0.